The second-order valence-corrected chi connectivity index (χ2v) is 5.67. The molecule has 2 N–H and O–H groups in total. The van der Waals surface area contributed by atoms with Gasteiger partial charge in [-0.1, -0.05) is 6.42 Å². The number of piperidine rings is 1. The van der Waals surface area contributed by atoms with Crippen LogP contribution >= 0.6 is 0 Å². The van der Waals surface area contributed by atoms with Gasteiger partial charge in [-0.3, -0.25) is 4.90 Å². The van der Waals surface area contributed by atoms with Crippen LogP contribution in [0.5, 0.6) is 0 Å². The zero-order valence-corrected chi connectivity index (χ0v) is 11.4. The second-order valence-electron chi connectivity index (χ2n) is 5.67. The minimum atomic E-state index is -0.476. The van der Waals surface area contributed by atoms with E-state index in [-0.39, 0.29) is 12.1 Å². The lowest BCUT2D eigenvalue weighted by molar-refractivity contribution is 0.138. The summed E-state index contributed by atoms with van der Waals surface area (Å²) in [6.45, 7) is 4.37. The smallest absolute Gasteiger partial charge is 0.317 e. The molecule has 2 aliphatic rings. The van der Waals surface area contributed by atoms with Gasteiger partial charge in [0.2, 0.25) is 0 Å². The normalized spacial score (nSPS) is 29.7. The van der Waals surface area contributed by atoms with E-state index >= 15 is 0 Å². The molecular weight excluding hydrogens is 230 g/mol. The van der Waals surface area contributed by atoms with E-state index in [2.05, 4.69) is 10.2 Å². The van der Waals surface area contributed by atoms with Crippen LogP contribution in [0.4, 0.5) is 4.79 Å². The molecule has 104 valence electrons. The number of carbonyl (C=O) groups excluding carboxylic acids is 1. The molecule has 0 radical (unpaired) electrons. The average Bonchev–Trinajstić information content (AvgIpc) is 2.72. The largest absolute Gasteiger partial charge is 0.392 e. The maximum atomic E-state index is 12.0. The number of aliphatic hydroxyl groups excluding tert-OH is 1. The molecule has 3 unspecified atom stereocenters. The topological polar surface area (TPSA) is 55.8 Å². The summed E-state index contributed by atoms with van der Waals surface area (Å²) in [5.41, 5.74) is 0. The number of nitrogens with one attached hydrogen (secondary N) is 1. The molecule has 0 aromatic carbocycles. The molecule has 0 aromatic heterocycles. The molecule has 0 bridgehead atoms. The zero-order valence-electron chi connectivity index (χ0n) is 11.4. The summed E-state index contributed by atoms with van der Waals surface area (Å²) in [5.74, 6) is 0. The summed E-state index contributed by atoms with van der Waals surface area (Å²) in [4.78, 5) is 16.1. The minimum absolute atomic E-state index is 0.0617. The number of amides is 2. The van der Waals surface area contributed by atoms with Gasteiger partial charge in [-0.05, 0) is 32.7 Å². The first-order valence-electron chi connectivity index (χ1n) is 7.01. The maximum absolute atomic E-state index is 12.0. The molecule has 5 nitrogen and oxygen atoms in total. The summed E-state index contributed by atoms with van der Waals surface area (Å²) in [6.07, 6.45) is 4.34. The molecule has 2 rings (SSSR count). The standard InChI is InChI=1S/C13H25N3O2/c1-10(17)9-15(2)13(18)14-11-6-8-16-7-4-3-5-12(11)16/h10-12,17H,3-9H2,1-2H3,(H,14,18). The highest BCUT2D eigenvalue weighted by Gasteiger charge is 2.36. The van der Waals surface area contributed by atoms with Crippen molar-refractivity contribution in [3.8, 4) is 0 Å². The Labute approximate surface area is 109 Å². The van der Waals surface area contributed by atoms with Gasteiger partial charge in [0.15, 0.2) is 0 Å². The van der Waals surface area contributed by atoms with E-state index in [1.807, 2.05) is 0 Å². The third-order valence-electron chi connectivity index (χ3n) is 4.05. The molecule has 0 aliphatic carbocycles. The van der Waals surface area contributed by atoms with Gasteiger partial charge in [0.05, 0.1) is 6.10 Å². The van der Waals surface area contributed by atoms with Crippen molar-refractivity contribution in [1.29, 1.82) is 0 Å². The lowest BCUT2D eigenvalue weighted by Gasteiger charge is -2.33. The number of likely N-dealkylation sites (N-methyl/N-ethyl adjacent to an activating group) is 1. The quantitative estimate of drug-likeness (QED) is 0.778. The Hall–Kier alpha value is -0.810. The number of urea groups is 1. The molecule has 0 saturated carbocycles. The SMILES string of the molecule is CC(O)CN(C)C(=O)NC1CCN2CCCCC12. The molecule has 3 atom stereocenters. The van der Waals surface area contributed by atoms with Crippen LogP contribution in [-0.4, -0.2) is 65.8 Å². The van der Waals surface area contributed by atoms with Gasteiger partial charge in [-0.2, -0.15) is 0 Å². The highest BCUT2D eigenvalue weighted by Crippen LogP contribution is 2.27. The van der Waals surface area contributed by atoms with Crippen molar-refractivity contribution in [3.05, 3.63) is 0 Å². The second kappa shape index (κ2) is 5.89. The summed E-state index contributed by atoms with van der Waals surface area (Å²) < 4.78 is 0. The van der Waals surface area contributed by atoms with Crippen molar-refractivity contribution < 1.29 is 9.90 Å². The van der Waals surface area contributed by atoms with Gasteiger partial charge in [0.25, 0.3) is 0 Å². The Bertz CT molecular complexity index is 296. The van der Waals surface area contributed by atoms with Gasteiger partial charge in [-0.25, -0.2) is 4.79 Å². The molecule has 2 aliphatic heterocycles. The first-order valence-corrected chi connectivity index (χ1v) is 7.01. The summed E-state index contributed by atoms with van der Waals surface area (Å²) in [6, 6.07) is 0.755. The molecule has 2 fully saturated rings. The van der Waals surface area contributed by atoms with E-state index in [9.17, 15) is 9.90 Å². The van der Waals surface area contributed by atoms with Crippen molar-refractivity contribution >= 4 is 6.03 Å². The Morgan fingerprint density at radius 2 is 2.22 bits per heavy atom. The molecular formula is C13H25N3O2. The number of aliphatic hydroxyl groups is 1. The fourth-order valence-corrected chi connectivity index (χ4v) is 3.16. The Kier molecular flexibility index (Phi) is 4.45. The number of nitrogens with zero attached hydrogens (tertiary/aromatic N) is 2. The van der Waals surface area contributed by atoms with Crippen molar-refractivity contribution in [3.63, 3.8) is 0 Å². The Morgan fingerprint density at radius 1 is 1.44 bits per heavy atom. The number of rotatable bonds is 3. The fourth-order valence-electron chi connectivity index (χ4n) is 3.16. The predicted octanol–water partition coefficient (Wildman–Crippen LogP) is 0.635. The van der Waals surface area contributed by atoms with Gasteiger partial charge < -0.3 is 15.3 Å². The number of hydrogen-bond donors (Lipinski definition) is 2. The van der Waals surface area contributed by atoms with Crippen molar-refractivity contribution in [2.24, 2.45) is 0 Å². The van der Waals surface area contributed by atoms with Crippen LogP contribution in [-0.2, 0) is 0 Å². The van der Waals surface area contributed by atoms with Gasteiger partial charge in [0, 0.05) is 32.2 Å². The monoisotopic (exact) mass is 255 g/mol. The summed E-state index contributed by atoms with van der Waals surface area (Å²) in [7, 11) is 1.73. The zero-order chi connectivity index (χ0) is 13.1. The van der Waals surface area contributed by atoms with Crippen LogP contribution in [0.25, 0.3) is 0 Å². The molecule has 0 aromatic rings. The van der Waals surface area contributed by atoms with E-state index in [0.29, 0.717) is 12.6 Å². The number of hydrogen-bond acceptors (Lipinski definition) is 3. The Balaban J connectivity index is 1.84. The van der Waals surface area contributed by atoms with Crippen LogP contribution in [0, 0.1) is 0 Å². The lowest BCUT2D eigenvalue weighted by Crippen LogP contribution is -2.50. The van der Waals surface area contributed by atoms with Crippen LogP contribution in [0.3, 0.4) is 0 Å². The maximum Gasteiger partial charge on any atom is 0.317 e. The first kappa shape index (κ1) is 13.6. The molecule has 18 heavy (non-hydrogen) atoms. The van der Waals surface area contributed by atoms with E-state index in [0.717, 1.165) is 13.0 Å². The molecule has 5 heteroatoms. The molecule has 2 amide bonds. The fraction of sp³-hybridized carbons (Fsp3) is 0.923. The number of carbonyl (C=O) groups is 1. The van der Waals surface area contributed by atoms with Crippen molar-refractivity contribution in [2.45, 2.75) is 50.8 Å². The van der Waals surface area contributed by atoms with E-state index in [1.165, 1.54) is 25.8 Å². The molecule has 2 saturated heterocycles. The van der Waals surface area contributed by atoms with Crippen LogP contribution in [0.15, 0.2) is 0 Å². The van der Waals surface area contributed by atoms with Crippen LogP contribution in [0.2, 0.25) is 0 Å². The van der Waals surface area contributed by atoms with Crippen LogP contribution < -0.4 is 5.32 Å². The van der Waals surface area contributed by atoms with Crippen LogP contribution in [0.1, 0.15) is 32.6 Å². The van der Waals surface area contributed by atoms with E-state index in [1.54, 1.807) is 18.9 Å². The predicted molar refractivity (Wildman–Crippen MR) is 70.5 cm³/mol. The molecule has 2 heterocycles. The Morgan fingerprint density at radius 3 is 2.94 bits per heavy atom. The highest BCUT2D eigenvalue weighted by molar-refractivity contribution is 5.74. The number of fused-ring (bicyclic) bond motifs is 1. The highest BCUT2D eigenvalue weighted by atomic mass is 16.3. The van der Waals surface area contributed by atoms with Crippen molar-refractivity contribution in [1.82, 2.24) is 15.1 Å². The van der Waals surface area contributed by atoms with Gasteiger partial charge in [0.1, 0.15) is 0 Å². The summed E-state index contributed by atoms with van der Waals surface area (Å²) in [5, 5.41) is 12.4. The van der Waals surface area contributed by atoms with Crippen molar-refractivity contribution in [2.75, 3.05) is 26.7 Å². The average molecular weight is 255 g/mol. The first-order chi connectivity index (χ1) is 8.58. The third kappa shape index (κ3) is 3.14. The summed E-state index contributed by atoms with van der Waals surface area (Å²) >= 11 is 0. The molecule has 0 spiro atoms. The lowest BCUT2D eigenvalue weighted by atomic mass is 9.99. The van der Waals surface area contributed by atoms with E-state index in [4.69, 9.17) is 0 Å². The van der Waals surface area contributed by atoms with Gasteiger partial charge >= 0.3 is 6.03 Å². The van der Waals surface area contributed by atoms with Gasteiger partial charge in [-0.15, -0.1) is 0 Å². The van der Waals surface area contributed by atoms with E-state index < -0.39 is 6.10 Å². The minimum Gasteiger partial charge on any atom is -0.392 e. The third-order valence-corrected chi connectivity index (χ3v) is 4.05.